The van der Waals surface area contributed by atoms with E-state index in [0.717, 1.165) is 0 Å². The van der Waals surface area contributed by atoms with E-state index in [4.69, 9.17) is 0 Å². The molecule has 0 bridgehead atoms. The van der Waals surface area contributed by atoms with Crippen LogP contribution in [-0.2, 0) is 7.05 Å². The topological polar surface area (TPSA) is 8.29 Å². The summed E-state index contributed by atoms with van der Waals surface area (Å²) in [6.07, 6.45) is 2.20. The molecule has 7 aromatic rings. The largest absolute Gasteiger partial charge is 0.306 e. The molecule has 3 aromatic carbocycles. The van der Waals surface area contributed by atoms with Gasteiger partial charge in [-0.2, -0.15) is 0 Å². The maximum Gasteiger partial charge on any atom is 0.224 e. The molecular formula is C25H17N2S+. The van der Waals surface area contributed by atoms with E-state index in [9.17, 15) is 0 Å². The molecule has 0 aliphatic carbocycles. The Bertz CT molecular complexity index is 1720. The van der Waals surface area contributed by atoms with Crippen LogP contribution in [0.5, 0.6) is 0 Å². The van der Waals surface area contributed by atoms with Crippen LogP contribution in [0, 0.1) is 6.92 Å². The highest BCUT2D eigenvalue weighted by Crippen LogP contribution is 2.43. The van der Waals surface area contributed by atoms with Crippen LogP contribution >= 0.6 is 11.3 Å². The Balaban J connectivity index is 2.06. The van der Waals surface area contributed by atoms with Crippen LogP contribution in [0.4, 0.5) is 0 Å². The van der Waals surface area contributed by atoms with Crippen LogP contribution < -0.4 is 4.57 Å². The summed E-state index contributed by atoms with van der Waals surface area (Å²) in [6, 6.07) is 20.3. The summed E-state index contributed by atoms with van der Waals surface area (Å²) in [5.74, 6) is 0. The van der Waals surface area contributed by atoms with E-state index in [1.54, 1.807) is 0 Å². The fourth-order valence-corrected chi connectivity index (χ4v) is 6.06. The van der Waals surface area contributed by atoms with Gasteiger partial charge in [-0.25, -0.2) is 4.57 Å². The van der Waals surface area contributed by atoms with E-state index in [0.29, 0.717) is 0 Å². The third kappa shape index (κ3) is 1.55. The molecular weight excluding hydrogens is 360 g/mol. The van der Waals surface area contributed by atoms with Gasteiger partial charge in [0.2, 0.25) is 5.52 Å². The molecule has 2 nitrogen and oxygen atoms in total. The minimum atomic E-state index is 1.30. The van der Waals surface area contributed by atoms with Crippen LogP contribution in [0.15, 0.2) is 66.2 Å². The summed E-state index contributed by atoms with van der Waals surface area (Å²) in [6.45, 7) is 2.24. The molecule has 4 heterocycles. The fraction of sp³-hybridized carbons (Fsp3) is 0.0800. The first-order valence-electron chi connectivity index (χ1n) is 9.60. The second-order valence-electron chi connectivity index (χ2n) is 7.81. The summed E-state index contributed by atoms with van der Waals surface area (Å²) >= 11 is 1.85. The Hall–Kier alpha value is -3.17. The number of thiophene rings is 1. The second-order valence-corrected chi connectivity index (χ2v) is 8.73. The molecule has 3 heteroatoms. The van der Waals surface area contributed by atoms with E-state index in [-0.39, 0.29) is 0 Å². The molecule has 0 radical (unpaired) electrons. The molecule has 0 aliphatic rings. The van der Waals surface area contributed by atoms with Crippen molar-refractivity contribution in [1.29, 1.82) is 0 Å². The van der Waals surface area contributed by atoms with E-state index < -0.39 is 0 Å². The standard InChI is InChI=1S/C25H17N2S/c1-14-7-8-18-17-5-3-4-6-19(17)27-22(18)20(14)23-21-15(9-11-26(23)2)13-16-10-12-28-25(16)24(21)27/h3-13H,1-2H3/q+1. The number of benzene rings is 3. The predicted octanol–water partition coefficient (Wildman–Crippen LogP) is 6.34. The number of para-hydroxylation sites is 1. The first-order chi connectivity index (χ1) is 13.7. The van der Waals surface area contributed by atoms with Gasteiger partial charge in [0.1, 0.15) is 7.05 Å². The predicted molar refractivity (Wildman–Crippen MR) is 120 cm³/mol. The lowest BCUT2D eigenvalue weighted by atomic mass is 9.99. The van der Waals surface area contributed by atoms with Crippen LogP contribution in [-0.4, -0.2) is 4.40 Å². The summed E-state index contributed by atoms with van der Waals surface area (Å²) < 4.78 is 6.20. The van der Waals surface area contributed by atoms with E-state index >= 15 is 0 Å². The van der Waals surface area contributed by atoms with Crippen molar-refractivity contribution in [1.82, 2.24) is 4.40 Å². The molecule has 0 saturated carbocycles. The van der Waals surface area contributed by atoms with Gasteiger partial charge in [0.25, 0.3) is 0 Å². The van der Waals surface area contributed by atoms with Crippen LogP contribution in [0.1, 0.15) is 5.56 Å². The van der Waals surface area contributed by atoms with Crippen molar-refractivity contribution in [3.8, 4) is 0 Å². The first-order valence-corrected chi connectivity index (χ1v) is 10.5. The highest BCUT2D eigenvalue weighted by Gasteiger charge is 2.25. The van der Waals surface area contributed by atoms with Gasteiger partial charge < -0.3 is 4.40 Å². The van der Waals surface area contributed by atoms with E-state index in [1.165, 1.54) is 64.6 Å². The summed E-state index contributed by atoms with van der Waals surface area (Å²) in [5, 5.41) is 10.3. The lowest BCUT2D eigenvalue weighted by molar-refractivity contribution is -0.643. The summed E-state index contributed by atoms with van der Waals surface area (Å²) in [5.41, 5.74) is 6.65. The van der Waals surface area contributed by atoms with E-state index in [2.05, 4.69) is 89.1 Å². The molecule has 0 atom stereocenters. The van der Waals surface area contributed by atoms with Crippen molar-refractivity contribution in [2.45, 2.75) is 6.92 Å². The number of hydrogen-bond donors (Lipinski definition) is 0. The average Bonchev–Trinajstić information content (AvgIpc) is 3.31. The smallest absolute Gasteiger partial charge is 0.224 e. The third-order valence-electron chi connectivity index (χ3n) is 6.32. The average molecular weight is 377 g/mol. The van der Waals surface area contributed by atoms with Crippen molar-refractivity contribution in [2.75, 3.05) is 0 Å². The third-order valence-corrected chi connectivity index (χ3v) is 7.26. The SMILES string of the molecule is Cc1ccc2c3ccccc3n3c2c1c1c2c(cc[n+]1C)cc1ccsc1c23. The first kappa shape index (κ1) is 14.8. The Labute approximate surface area is 165 Å². The number of nitrogens with zero attached hydrogens (tertiary/aromatic N) is 2. The van der Waals surface area contributed by atoms with Crippen molar-refractivity contribution in [3.63, 3.8) is 0 Å². The monoisotopic (exact) mass is 377 g/mol. The van der Waals surface area contributed by atoms with Gasteiger partial charge in [-0.05, 0) is 46.8 Å². The highest BCUT2D eigenvalue weighted by atomic mass is 32.1. The maximum atomic E-state index is 2.53. The molecule has 0 unspecified atom stereocenters. The molecule has 0 N–H and O–H groups in total. The number of aromatic nitrogens is 2. The zero-order valence-electron chi connectivity index (χ0n) is 15.7. The van der Waals surface area contributed by atoms with Gasteiger partial charge in [-0.3, -0.25) is 0 Å². The molecule has 0 spiro atoms. The van der Waals surface area contributed by atoms with Crippen LogP contribution in [0.3, 0.4) is 0 Å². The van der Waals surface area contributed by atoms with Crippen LogP contribution in [0.25, 0.3) is 59.1 Å². The molecule has 0 fully saturated rings. The van der Waals surface area contributed by atoms with Gasteiger partial charge >= 0.3 is 0 Å². The zero-order chi connectivity index (χ0) is 18.6. The van der Waals surface area contributed by atoms with Gasteiger partial charge in [0.15, 0.2) is 6.20 Å². The van der Waals surface area contributed by atoms with Crippen molar-refractivity contribution in [2.24, 2.45) is 7.05 Å². The molecule has 0 amide bonds. The Morgan fingerprint density at radius 1 is 0.857 bits per heavy atom. The molecule has 28 heavy (non-hydrogen) atoms. The van der Waals surface area contributed by atoms with Gasteiger partial charge in [0, 0.05) is 16.8 Å². The maximum absolute atomic E-state index is 2.53. The Morgan fingerprint density at radius 3 is 2.68 bits per heavy atom. The van der Waals surface area contributed by atoms with Gasteiger partial charge in [-0.15, -0.1) is 11.3 Å². The normalized spacial score (nSPS) is 12.6. The lowest BCUT2D eigenvalue weighted by Crippen LogP contribution is -2.28. The number of fused-ring (bicyclic) bond motifs is 7. The van der Waals surface area contributed by atoms with Crippen LogP contribution in [0.2, 0.25) is 0 Å². The minimum Gasteiger partial charge on any atom is -0.306 e. The fourth-order valence-electron chi connectivity index (χ4n) is 5.14. The van der Waals surface area contributed by atoms with Crippen molar-refractivity contribution < 1.29 is 4.57 Å². The van der Waals surface area contributed by atoms with Crippen molar-refractivity contribution in [3.05, 3.63) is 71.7 Å². The van der Waals surface area contributed by atoms with Gasteiger partial charge in [0.05, 0.1) is 32.0 Å². The summed E-state index contributed by atoms with van der Waals surface area (Å²) in [7, 11) is 2.17. The molecule has 0 aliphatic heterocycles. The number of hydrogen-bond acceptors (Lipinski definition) is 1. The second kappa shape index (κ2) is 4.81. The minimum absolute atomic E-state index is 1.30. The zero-order valence-corrected chi connectivity index (χ0v) is 16.5. The molecule has 0 saturated heterocycles. The molecule has 132 valence electrons. The Morgan fingerprint density at radius 2 is 1.75 bits per heavy atom. The molecule has 7 rings (SSSR count). The number of rotatable bonds is 0. The van der Waals surface area contributed by atoms with Crippen molar-refractivity contribution >= 4 is 70.4 Å². The molecule has 4 aromatic heterocycles. The van der Waals surface area contributed by atoms with Gasteiger partial charge in [-0.1, -0.05) is 30.3 Å². The van der Waals surface area contributed by atoms with E-state index in [1.807, 2.05) is 11.3 Å². The number of aryl methyl sites for hydroxylation is 2. The summed E-state index contributed by atoms with van der Waals surface area (Å²) in [4.78, 5) is 0. The highest BCUT2D eigenvalue weighted by molar-refractivity contribution is 7.18. The Kier molecular flexibility index (Phi) is 2.55. The quantitative estimate of drug-likeness (QED) is 0.166. The number of pyridine rings is 2. The lowest BCUT2D eigenvalue weighted by Gasteiger charge is -2.13.